The van der Waals surface area contributed by atoms with E-state index in [9.17, 15) is 9.59 Å². The average Bonchev–Trinajstić information content (AvgIpc) is 3.01. The molecule has 0 radical (unpaired) electrons. The Morgan fingerprint density at radius 3 is 2.33 bits per heavy atom. The number of hydrogen-bond acceptors (Lipinski definition) is 7. The summed E-state index contributed by atoms with van der Waals surface area (Å²) in [5, 5.41) is 12.1. The second-order valence-electron chi connectivity index (χ2n) is 6.71. The van der Waals surface area contributed by atoms with Crippen molar-refractivity contribution in [2.45, 2.75) is 62.8 Å². The predicted molar refractivity (Wildman–Crippen MR) is 109 cm³/mol. The van der Waals surface area contributed by atoms with Gasteiger partial charge in [0, 0.05) is 19.1 Å². The van der Waals surface area contributed by atoms with Crippen molar-refractivity contribution < 1.29 is 9.59 Å². The number of nitrogens with two attached hydrogens (primary N) is 1. The molecule has 10 heteroatoms. The maximum absolute atomic E-state index is 12.2. The molecule has 152 valence electrons. The second kappa shape index (κ2) is 10.8. The monoisotopic (exact) mass is 414 g/mol. The largest absolute Gasteiger partial charge is 0.352 e. The van der Waals surface area contributed by atoms with Gasteiger partial charge >= 0.3 is 0 Å². The smallest absolute Gasteiger partial charge is 0.233 e. The van der Waals surface area contributed by atoms with Gasteiger partial charge in [-0.1, -0.05) is 43.3 Å². The summed E-state index contributed by atoms with van der Waals surface area (Å²) < 4.78 is 1.35. The Bertz CT molecular complexity index is 635. The maximum atomic E-state index is 12.2. The number of hydrogen-bond donors (Lipinski definition) is 2. The summed E-state index contributed by atoms with van der Waals surface area (Å²) in [6, 6.07) is 0.264. The van der Waals surface area contributed by atoms with E-state index in [0.29, 0.717) is 29.3 Å². The van der Waals surface area contributed by atoms with Gasteiger partial charge in [-0.15, -0.1) is 10.2 Å². The number of carbonyl (C=O) groups excluding carboxylic acids is 2. The van der Waals surface area contributed by atoms with E-state index in [-0.39, 0.29) is 29.4 Å². The van der Waals surface area contributed by atoms with Gasteiger partial charge in [0.15, 0.2) is 0 Å². The number of carbonyl (C=O) groups is 2. The molecule has 0 unspecified atom stereocenters. The highest BCUT2D eigenvalue weighted by Gasteiger charge is 2.23. The molecule has 1 aromatic rings. The maximum Gasteiger partial charge on any atom is 0.233 e. The second-order valence-corrected chi connectivity index (χ2v) is 8.60. The van der Waals surface area contributed by atoms with Crippen molar-refractivity contribution in [3.63, 3.8) is 0 Å². The van der Waals surface area contributed by atoms with Gasteiger partial charge in [0.25, 0.3) is 0 Å². The SMILES string of the molecule is CCN(CC)C(=O)CSc1nnc(SCC(=O)N[C@@H]2CCCC[C@H]2C)n1N. The summed E-state index contributed by atoms with van der Waals surface area (Å²) in [4.78, 5) is 26.1. The van der Waals surface area contributed by atoms with Crippen LogP contribution in [0.25, 0.3) is 0 Å². The van der Waals surface area contributed by atoms with Gasteiger partial charge in [-0.25, -0.2) is 4.68 Å². The molecule has 1 saturated carbocycles. The van der Waals surface area contributed by atoms with Crippen LogP contribution in [0, 0.1) is 5.92 Å². The molecule has 1 aliphatic carbocycles. The van der Waals surface area contributed by atoms with Gasteiger partial charge in [0.2, 0.25) is 22.1 Å². The minimum absolute atomic E-state index is 0.00679. The van der Waals surface area contributed by atoms with Crippen LogP contribution >= 0.6 is 23.5 Å². The first kappa shape index (κ1) is 21.9. The van der Waals surface area contributed by atoms with E-state index in [1.165, 1.54) is 47.5 Å². The van der Waals surface area contributed by atoms with Crippen molar-refractivity contribution >= 4 is 35.3 Å². The van der Waals surface area contributed by atoms with Gasteiger partial charge in [0.05, 0.1) is 11.5 Å². The molecule has 1 aromatic heterocycles. The van der Waals surface area contributed by atoms with Crippen LogP contribution in [0.15, 0.2) is 10.3 Å². The zero-order valence-corrected chi connectivity index (χ0v) is 17.9. The Hall–Kier alpha value is -1.42. The molecule has 0 spiro atoms. The number of nitrogen functional groups attached to an aromatic ring is 1. The first-order valence-corrected chi connectivity index (χ1v) is 11.5. The van der Waals surface area contributed by atoms with Crippen molar-refractivity contribution in [3.8, 4) is 0 Å². The van der Waals surface area contributed by atoms with Crippen LogP contribution in [0.3, 0.4) is 0 Å². The van der Waals surface area contributed by atoms with E-state index in [2.05, 4.69) is 22.4 Å². The highest BCUT2D eigenvalue weighted by molar-refractivity contribution is 8.00. The fraction of sp³-hybridized carbons (Fsp3) is 0.765. The van der Waals surface area contributed by atoms with Crippen molar-refractivity contribution in [2.24, 2.45) is 5.92 Å². The Labute approximate surface area is 169 Å². The van der Waals surface area contributed by atoms with E-state index in [1.54, 1.807) is 4.90 Å². The normalized spacial score (nSPS) is 19.7. The van der Waals surface area contributed by atoms with E-state index >= 15 is 0 Å². The van der Waals surface area contributed by atoms with Crippen LogP contribution in [-0.4, -0.2) is 62.2 Å². The van der Waals surface area contributed by atoms with Crippen molar-refractivity contribution in [3.05, 3.63) is 0 Å². The van der Waals surface area contributed by atoms with Crippen LogP contribution < -0.4 is 11.2 Å². The summed E-state index contributed by atoms with van der Waals surface area (Å²) in [6.45, 7) is 7.45. The first-order chi connectivity index (χ1) is 13.0. The van der Waals surface area contributed by atoms with E-state index in [1.807, 2.05) is 13.8 Å². The third-order valence-corrected chi connectivity index (χ3v) is 6.74. The van der Waals surface area contributed by atoms with Gasteiger partial charge in [-0.05, 0) is 32.6 Å². The van der Waals surface area contributed by atoms with Crippen molar-refractivity contribution in [1.82, 2.24) is 25.1 Å². The zero-order valence-electron chi connectivity index (χ0n) is 16.3. The summed E-state index contributed by atoms with van der Waals surface area (Å²) in [5.74, 6) is 7.10. The number of aromatic nitrogens is 3. The van der Waals surface area contributed by atoms with Crippen LogP contribution in [0.4, 0.5) is 0 Å². The Kier molecular flexibility index (Phi) is 8.75. The minimum Gasteiger partial charge on any atom is -0.352 e. The number of thioether (sulfide) groups is 2. The van der Waals surface area contributed by atoms with Gasteiger partial charge < -0.3 is 16.1 Å². The van der Waals surface area contributed by atoms with E-state index < -0.39 is 0 Å². The Morgan fingerprint density at radius 1 is 1.15 bits per heavy atom. The lowest BCUT2D eigenvalue weighted by molar-refractivity contribution is -0.128. The quantitative estimate of drug-likeness (QED) is 0.468. The molecule has 2 rings (SSSR count). The lowest BCUT2D eigenvalue weighted by Gasteiger charge is -2.29. The molecule has 2 atom stereocenters. The highest BCUT2D eigenvalue weighted by atomic mass is 32.2. The average molecular weight is 415 g/mol. The summed E-state index contributed by atoms with van der Waals surface area (Å²) in [6.07, 6.45) is 4.64. The highest BCUT2D eigenvalue weighted by Crippen LogP contribution is 2.24. The molecular weight excluding hydrogens is 384 g/mol. The van der Waals surface area contributed by atoms with Gasteiger partial charge in [-0.2, -0.15) is 0 Å². The third-order valence-electron chi connectivity index (χ3n) is 4.86. The Morgan fingerprint density at radius 2 is 1.74 bits per heavy atom. The number of rotatable bonds is 9. The van der Waals surface area contributed by atoms with E-state index in [0.717, 1.165) is 6.42 Å². The molecule has 1 fully saturated rings. The molecule has 1 aliphatic rings. The minimum atomic E-state index is -0.00679. The molecule has 0 aliphatic heterocycles. The van der Waals surface area contributed by atoms with Crippen LogP contribution in [-0.2, 0) is 9.59 Å². The lowest BCUT2D eigenvalue weighted by atomic mass is 9.86. The lowest BCUT2D eigenvalue weighted by Crippen LogP contribution is -2.41. The van der Waals surface area contributed by atoms with Crippen LogP contribution in [0.2, 0.25) is 0 Å². The van der Waals surface area contributed by atoms with Crippen molar-refractivity contribution in [2.75, 3.05) is 30.4 Å². The number of nitrogens with zero attached hydrogens (tertiary/aromatic N) is 4. The van der Waals surface area contributed by atoms with Gasteiger partial charge in [0.1, 0.15) is 0 Å². The number of amides is 2. The van der Waals surface area contributed by atoms with Crippen molar-refractivity contribution in [1.29, 1.82) is 0 Å². The summed E-state index contributed by atoms with van der Waals surface area (Å²) >= 11 is 2.52. The summed E-state index contributed by atoms with van der Waals surface area (Å²) in [7, 11) is 0. The zero-order chi connectivity index (χ0) is 19.8. The van der Waals surface area contributed by atoms with Crippen LogP contribution in [0.1, 0.15) is 46.5 Å². The molecule has 0 bridgehead atoms. The molecule has 1 heterocycles. The van der Waals surface area contributed by atoms with Crippen LogP contribution in [0.5, 0.6) is 0 Å². The first-order valence-electron chi connectivity index (χ1n) is 9.49. The Balaban J connectivity index is 1.80. The summed E-state index contributed by atoms with van der Waals surface area (Å²) in [5.41, 5.74) is 0. The molecule has 3 N–H and O–H groups in total. The molecule has 0 aromatic carbocycles. The fourth-order valence-corrected chi connectivity index (χ4v) is 4.65. The van der Waals surface area contributed by atoms with E-state index in [4.69, 9.17) is 5.84 Å². The topological polar surface area (TPSA) is 106 Å². The molecule has 8 nitrogen and oxygen atoms in total. The number of nitrogens with one attached hydrogen (secondary N) is 1. The molecule has 2 amide bonds. The molecular formula is C17H30N6O2S2. The standard InChI is InChI=1S/C17H30N6O2S2/c1-4-22(5-2)15(25)11-27-17-21-20-16(23(17)18)26-10-14(24)19-13-9-7-6-8-12(13)3/h12-13H,4-11,18H2,1-3H3,(H,19,24)/t12-,13-/m1/s1. The predicted octanol–water partition coefficient (Wildman–Crippen LogP) is 1.74. The molecule has 27 heavy (non-hydrogen) atoms. The molecule has 0 saturated heterocycles. The third kappa shape index (κ3) is 6.31. The fourth-order valence-electron chi connectivity index (χ4n) is 3.16. The van der Waals surface area contributed by atoms with Gasteiger partial charge in [-0.3, -0.25) is 9.59 Å².